The van der Waals surface area contributed by atoms with Gasteiger partial charge in [0.1, 0.15) is 11.4 Å². The summed E-state index contributed by atoms with van der Waals surface area (Å²) in [4.78, 5) is 14.8. The second-order valence-electron chi connectivity index (χ2n) is 9.63. The third-order valence-corrected chi connectivity index (χ3v) is 7.26. The van der Waals surface area contributed by atoms with Crippen LogP contribution in [-0.2, 0) is 6.42 Å². The van der Waals surface area contributed by atoms with Crippen LogP contribution in [0.3, 0.4) is 0 Å². The lowest BCUT2D eigenvalue weighted by molar-refractivity contribution is 0.613. The van der Waals surface area contributed by atoms with Crippen LogP contribution in [0, 0.1) is 0 Å². The first-order chi connectivity index (χ1) is 18.3. The standard InChI is InChI=1S/C33H25N3O/c1-3-8-23(9-4-1)31-34-32(24-10-5-2-6-11-24)36-33(35-31)28-13-7-12-25(21-28)26-16-17-29-27(20-26)15-14-22-18-19-37-30(22)29/h1-10,12-19,21,24,26H,11,20H2. The Kier molecular flexibility index (Phi) is 5.36. The first-order valence-electron chi connectivity index (χ1n) is 12.7. The third-order valence-electron chi connectivity index (χ3n) is 7.26. The first-order valence-corrected chi connectivity index (χ1v) is 12.7. The van der Waals surface area contributed by atoms with Crippen molar-refractivity contribution in [3.63, 3.8) is 0 Å². The van der Waals surface area contributed by atoms with Crippen LogP contribution >= 0.6 is 0 Å². The molecule has 0 N–H and O–H groups in total. The molecule has 2 unspecified atom stereocenters. The maximum Gasteiger partial charge on any atom is 0.163 e. The molecular weight excluding hydrogens is 454 g/mol. The van der Waals surface area contributed by atoms with Gasteiger partial charge >= 0.3 is 0 Å². The van der Waals surface area contributed by atoms with Crippen molar-refractivity contribution in [1.82, 2.24) is 15.0 Å². The number of furan rings is 1. The van der Waals surface area contributed by atoms with Gasteiger partial charge in [0.2, 0.25) is 0 Å². The normalized spacial score (nSPS) is 18.3. The summed E-state index contributed by atoms with van der Waals surface area (Å²) in [5.41, 5.74) is 6.73. The van der Waals surface area contributed by atoms with Gasteiger partial charge in [-0.2, -0.15) is 0 Å². The smallest absolute Gasteiger partial charge is 0.163 e. The van der Waals surface area contributed by atoms with Gasteiger partial charge in [0.25, 0.3) is 0 Å². The topological polar surface area (TPSA) is 51.8 Å². The molecular formula is C33H25N3O. The predicted octanol–water partition coefficient (Wildman–Crippen LogP) is 7.90. The fourth-order valence-electron chi connectivity index (χ4n) is 5.29. The summed E-state index contributed by atoms with van der Waals surface area (Å²) in [6, 6.07) is 25.2. The van der Waals surface area contributed by atoms with Gasteiger partial charge in [-0.1, -0.05) is 97.1 Å². The molecule has 0 radical (unpaired) electrons. The van der Waals surface area contributed by atoms with Crippen molar-refractivity contribution in [2.45, 2.75) is 24.7 Å². The number of fused-ring (bicyclic) bond motifs is 3. The molecule has 2 aromatic heterocycles. The van der Waals surface area contributed by atoms with E-state index in [2.05, 4.69) is 85.0 Å². The van der Waals surface area contributed by atoms with E-state index in [1.54, 1.807) is 6.26 Å². The van der Waals surface area contributed by atoms with Crippen molar-refractivity contribution in [2.75, 3.05) is 0 Å². The van der Waals surface area contributed by atoms with Crippen molar-refractivity contribution < 1.29 is 4.42 Å². The molecule has 2 heterocycles. The van der Waals surface area contributed by atoms with E-state index >= 15 is 0 Å². The zero-order valence-corrected chi connectivity index (χ0v) is 20.3. The van der Waals surface area contributed by atoms with Crippen molar-refractivity contribution in [3.05, 3.63) is 132 Å². The molecule has 3 aromatic carbocycles. The highest BCUT2D eigenvalue weighted by Crippen LogP contribution is 2.36. The van der Waals surface area contributed by atoms with Crippen LogP contribution in [0.25, 0.3) is 39.8 Å². The molecule has 4 nitrogen and oxygen atoms in total. The number of rotatable bonds is 4. The Hall–Kier alpha value is -4.57. The molecule has 0 bridgehead atoms. The molecule has 0 saturated carbocycles. The van der Waals surface area contributed by atoms with Crippen molar-refractivity contribution >= 4 is 17.0 Å². The summed E-state index contributed by atoms with van der Waals surface area (Å²) in [5.74, 6) is 2.66. The molecule has 2 atom stereocenters. The minimum absolute atomic E-state index is 0.147. The van der Waals surface area contributed by atoms with E-state index < -0.39 is 0 Å². The fourth-order valence-corrected chi connectivity index (χ4v) is 5.29. The Morgan fingerprint density at radius 2 is 1.59 bits per heavy atom. The average Bonchev–Trinajstić information content (AvgIpc) is 3.47. The summed E-state index contributed by atoms with van der Waals surface area (Å²) < 4.78 is 5.76. The Balaban J connectivity index is 1.27. The van der Waals surface area contributed by atoms with E-state index in [9.17, 15) is 0 Å². The quantitative estimate of drug-likeness (QED) is 0.263. The van der Waals surface area contributed by atoms with E-state index in [0.717, 1.165) is 40.8 Å². The fraction of sp³-hybridized carbons (Fsp3) is 0.121. The Labute approximate surface area is 215 Å². The van der Waals surface area contributed by atoms with Crippen LogP contribution < -0.4 is 0 Å². The summed E-state index contributed by atoms with van der Waals surface area (Å²) in [7, 11) is 0. The van der Waals surface area contributed by atoms with Crippen LogP contribution in [0.15, 0.2) is 114 Å². The monoisotopic (exact) mass is 479 g/mol. The molecule has 2 aliphatic rings. The van der Waals surface area contributed by atoms with Gasteiger partial charge in [0.05, 0.1) is 6.26 Å². The Morgan fingerprint density at radius 1 is 0.730 bits per heavy atom. The molecule has 2 aliphatic carbocycles. The minimum Gasteiger partial charge on any atom is -0.464 e. The van der Waals surface area contributed by atoms with Crippen molar-refractivity contribution in [3.8, 4) is 22.8 Å². The lowest BCUT2D eigenvalue weighted by atomic mass is 9.84. The van der Waals surface area contributed by atoms with Crippen molar-refractivity contribution in [1.29, 1.82) is 0 Å². The second kappa shape index (κ2) is 9.14. The van der Waals surface area contributed by atoms with Gasteiger partial charge < -0.3 is 4.42 Å². The number of aromatic nitrogens is 3. The summed E-state index contributed by atoms with van der Waals surface area (Å²) in [6.07, 6.45) is 16.6. The van der Waals surface area contributed by atoms with E-state index in [0.29, 0.717) is 11.6 Å². The van der Waals surface area contributed by atoms with Crippen LogP contribution in [0.2, 0.25) is 0 Å². The number of hydrogen-bond donors (Lipinski definition) is 0. The minimum atomic E-state index is 0.147. The zero-order valence-electron chi connectivity index (χ0n) is 20.3. The lowest BCUT2D eigenvalue weighted by Gasteiger charge is -2.20. The van der Waals surface area contributed by atoms with Crippen LogP contribution in [-0.4, -0.2) is 15.0 Å². The number of hydrogen-bond acceptors (Lipinski definition) is 4. The van der Waals surface area contributed by atoms with E-state index in [4.69, 9.17) is 19.4 Å². The molecule has 0 saturated heterocycles. The van der Waals surface area contributed by atoms with Gasteiger partial charge in [0, 0.05) is 33.9 Å². The average molecular weight is 480 g/mol. The molecule has 37 heavy (non-hydrogen) atoms. The number of benzene rings is 3. The SMILES string of the molecule is C1=CCC(c2nc(-c3ccccc3)nc(-c3cccc(C4C=Cc5c(ccc6ccoc56)C4)c3)n2)C=C1. The molecule has 7 rings (SSSR count). The Morgan fingerprint density at radius 3 is 2.46 bits per heavy atom. The predicted molar refractivity (Wildman–Crippen MR) is 148 cm³/mol. The molecule has 0 amide bonds. The summed E-state index contributed by atoms with van der Waals surface area (Å²) >= 11 is 0. The molecule has 5 aromatic rings. The highest BCUT2D eigenvalue weighted by Gasteiger charge is 2.21. The third kappa shape index (κ3) is 4.11. The van der Waals surface area contributed by atoms with Gasteiger partial charge in [-0.3, -0.25) is 0 Å². The molecule has 0 fully saturated rings. The van der Waals surface area contributed by atoms with E-state index in [1.165, 1.54) is 16.7 Å². The summed E-state index contributed by atoms with van der Waals surface area (Å²) in [5, 5.41) is 1.15. The summed E-state index contributed by atoms with van der Waals surface area (Å²) in [6.45, 7) is 0. The van der Waals surface area contributed by atoms with E-state index in [1.807, 2.05) is 24.3 Å². The van der Waals surface area contributed by atoms with Gasteiger partial charge in [-0.05, 0) is 36.1 Å². The molecule has 0 spiro atoms. The first kappa shape index (κ1) is 21.7. The Bertz CT molecular complexity index is 1690. The molecule has 0 aliphatic heterocycles. The second-order valence-corrected chi connectivity index (χ2v) is 9.63. The van der Waals surface area contributed by atoms with Gasteiger partial charge in [-0.15, -0.1) is 0 Å². The maximum absolute atomic E-state index is 5.76. The van der Waals surface area contributed by atoms with E-state index in [-0.39, 0.29) is 11.8 Å². The molecule has 178 valence electrons. The zero-order chi connectivity index (χ0) is 24.6. The molecule has 4 heteroatoms. The maximum atomic E-state index is 5.76. The van der Waals surface area contributed by atoms with Gasteiger partial charge in [0.15, 0.2) is 11.6 Å². The van der Waals surface area contributed by atoms with Crippen molar-refractivity contribution in [2.24, 2.45) is 0 Å². The van der Waals surface area contributed by atoms with Crippen LogP contribution in [0.5, 0.6) is 0 Å². The number of allylic oxidation sites excluding steroid dienone is 5. The number of nitrogens with zero attached hydrogens (tertiary/aromatic N) is 3. The van der Waals surface area contributed by atoms with Gasteiger partial charge in [-0.25, -0.2) is 15.0 Å². The van der Waals surface area contributed by atoms with Crippen LogP contribution in [0.4, 0.5) is 0 Å². The highest BCUT2D eigenvalue weighted by molar-refractivity contribution is 5.88. The lowest BCUT2D eigenvalue weighted by Crippen LogP contribution is -2.08. The van der Waals surface area contributed by atoms with Crippen LogP contribution in [0.1, 0.15) is 40.8 Å². The largest absolute Gasteiger partial charge is 0.464 e. The highest BCUT2D eigenvalue weighted by atomic mass is 16.3.